The quantitative estimate of drug-likeness (QED) is 0.350. The highest BCUT2D eigenvalue weighted by Gasteiger charge is 2.34. The summed E-state index contributed by atoms with van der Waals surface area (Å²) in [7, 11) is 0. The maximum atomic E-state index is 13.4. The van der Waals surface area contributed by atoms with Gasteiger partial charge in [0.15, 0.2) is 0 Å². The predicted molar refractivity (Wildman–Crippen MR) is 132 cm³/mol. The topological polar surface area (TPSA) is 82.7 Å². The van der Waals surface area contributed by atoms with E-state index in [4.69, 9.17) is 9.40 Å². The van der Waals surface area contributed by atoms with Gasteiger partial charge in [-0.25, -0.2) is 5.43 Å². The van der Waals surface area contributed by atoms with E-state index in [9.17, 15) is 13.2 Å². The Morgan fingerprint density at radius 3 is 2.03 bits per heavy atom. The number of nitrogens with one attached hydrogen (secondary N) is 1. The Hall–Kier alpha value is -3.63. The number of nitrogens with zero attached hydrogens (tertiary/aromatic N) is 6. The van der Waals surface area contributed by atoms with Crippen molar-refractivity contribution in [3.8, 4) is 11.3 Å². The zero-order chi connectivity index (χ0) is 25.0. The van der Waals surface area contributed by atoms with E-state index in [1.54, 1.807) is 12.1 Å². The second-order valence-electron chi connectivity index (χ2n) is 8.97. The van der Waals surface area contributed by atoms with Crippen LogP contribution in [0.5, 0.6) is 0 Å². The van der Waals surface area contributed by atoms with Crippen LogP contribution in [0.4, 0.5) is 31.0 Å². The van der Waals surface area contributed by atoms with Gasteiger partial charge in [0.1, 0.15) is 11.5 Å². The van der Waals surface area contributed by atoms with E-state index in [0.717, 1.165) is 57.9 Å². The second-order valence-corrected chi connectivity index (χ2v) is 8.97. The second kappa shape index (κ2) is 10.5. The van der Waals surface area contributed by atoms with Crippen molar-refractivity contribution in [2.45, 2.75) is 44.7 Å². The third-order valence-electron chi connectivity index (χ3n) is 6.37. The van der Waals surface area contributed by atoms with Gasteiger partial charge in [0, 0.05) is 31.7 Å². The summed E-state index contributed by atoms with van der Waals surface area (Å²) in [6.07, 6.45) is 3.73. The number of alkyl halides is 3. The molecule has 0 saturated carbocycles. The number of anilines is 3. The Bertz CT molecular complexity index is 1160. The molecule has 0 unspecified atom stereocenters. The number of hydrogen-bond donors (Lipinski definition) is 1. The fourth-order valence-corrected chi connectivity index (χ4v) is 4.54. The molecule has 11 heteroatoms. The highest BCUT2D eigenvalue weighted by Crippen LogP contribution is 2.37. The smallest absolute Gasteiger partial charge is 0.417 e. The summed E-state index contributed by atoms with van der Waals surface area (Å²) in [5.74, 6) is 2.00. The van der Waals surface area contributed by atoms with Gasteiger partial charge in [0.25, 0.3) is 0 Å². The molecule has 2 aromatic heterocycles. The lowest BCUT2D eigenvalue weighted by molar-refractivity contribution is -0.137. The molecule has 8 nitrogen and oxygen atoms in total. The molecule has 2 aliphatic rings. The summed E-state index contributed by atoms with van der Waals surface area (Å²) < 4.78 is 45.7. The SMILES string of the molecule is FC(F)(F)c1ccccc1-c1ccc(/C=N\Nc2nc(N3CCCCC3)nc(N3CCCCC3)n2)o1. The van der Waals surface area contributed by atoms with Crippen LogP contribution in [-0.2, 0) is 6.18 Å². The Morgan fingerprint density at radius 1 is 0.806 bits per heavy atom. The number of rotatable bonds is 6. The van der Waals surface area contributed by atoms with Crippen molar-refractivity contribution < 1.29 is 17.6 Å². The molecule has 4 heterocycles. The summed E-state index contributed by atoms with van der Waals surface area (Å²) in [5, 5.41) is 4.18. The van der Waals surface area contributed by atoms with Crippen LogP contribution < -0.4 is 15.2 Å². The van der Waals surface area contributed by atoms with Crippen LogP contribution in [-0.4, -0.2) is 47.3 Å². The van der Waals surface area contributed by atoms with Gasteiger partial charge in [-0.1, -0.05) is 18.2 Å². The van der Waals surface area contributed by atoms with Gasteiger partial charge >= 0.3 is 6.18 Å². The van der Waals surface area contributed by atoms with E-state index in [0.29, 0.717) is 23.6 Å². The summed E-state index contributed by atoms with van der Waals surface area (Å²) in [5.41, 5.74) is 2.08. The molecule has 36 heavy (non-hydrogen) atoms. The van der Waals surface area contributed by atoms with E-state index in [-0.39, 0.29) is 11.3 Å². The molecule has 2 fully saturated rings. The van der Waals surface area contributed by atoms with Crippen LogP contribution >= 0.6 is 0 Å². The lowest BCUT2D eigenvalue weighted by atomic mass is 10.1. The first-order valence-corrected chi connectivity index (χ1v) is 12.3. The molecular weight excluding hydrogens is 471 g/mol. The largest absolute Gasteiger partial charge is 0.455 e. The van der Waals surface area contributed by atoms with E-state index in [1.165, 1.54) is 37.3 Å². The molecule has 190 valence electrons. The standard InChI is InChI=1S/C25H28F3N7O/c26-25(27,28)20-10-4-3-9-19(20)21-12-11-18(36-21)17-29-33-22-30-23(34-13-5-1-6-14-34)32-24(31-22)35-15-7-2-8-16-35/h3-4,9-12,17H,1-2,5-8,13-16H2,(H,30,31,32,33)/b29-17-. The average Bonchev–Trinajstić information content (AvgIpc) is 3.38. The van der Waals surface area contributed by atoms with Gasteiger partial charge in [-0.15, -0.1) is 0 Å². The van der Waals surface area contributed by atoms with E-state index >= 15 is 0 Å². The van der Waals surface area contributed by atoms with Crippen molar-refractivity contribution in [1.82, 2.24) is 15.0 Å². The van der Waals surface area contributed by atoms with Gasteiger partial charge in [0.05, 0.1) is 11.8 Å². The Labute approximate surface area is 207 Å². The number of benzene rings is 1. The molecule has 1 aromatic carbocycles. The predicted octanol–water partition coefficient (Wildman–Crippen LogP) is 5.58. The maximum Gasteiger partial charge on any atom is 0.417 e. The summed E-state index contributed by atoms with van der Waals surface area (Å²) >= 11 is 0. The number of furan rings is 1. The van der Waals surface area contributed by atoms with Gasteiger partial charge in [0.2, 0.25) is 17.8 Å². The van der Waals surface area contributed by atoms with Crippen molar-refractivity contribution in [2.24, 2.45) is 5.10 Å². The highest BCUT2D eigenvalue weighted by molar-refractivity contribution is 5.78. The first-order valence-electron chi connectivity index (χ1n) is 12.3. The normalized spacial score (nSPS) is 17.1. The lowest BCUT2D eigenvalue weighted by Crippen LogP contribution is -2.34. The molecule has 0 radical (unpaired) electrons. The van der Waals surface area contributed by atoms with Gasteiger partial charge in [-0.05, 0) is 56.7 Å². The summed E-state index contributed by atoms with van der Waals surface area (Å²) in [4.78, 5) is 18.2. The number of piperidine rings is 2. The molecule has 0 spiro atoms. The number of aromatic nitrogens is 3. The lowest BCUT2D eigenvalue weighted by Gasteiger charge is -2.30. The zero-order valence-electron chi connectivity index (χ0n) is 19.8. The van der Waals surface area contributed by atoms with Gasteiger partial charge in [-0.2, -0.15) is 33.2 Å². The minimum atomic E-state index is -4.48. The molecule has 2 saturated heterocycles. The van der Waals surface area contributed by atoms with Crippen LogP contribution in [0.1, 0.15) is 49.8 Å². The Kier molecular flexibility index (Phi) is 7.06. The molecule has 0 amide bonds. The fraction of sp³-hybridized carbons (Fsp3) is 0.440. The Balaban J connectivity index is 1.34. The van der Waals surface area contributed by atoms with Crippen LogP contribution in [0.2, 0.25) is 0 Å². The molecule has 0 atom stereocenters. The minimum Gasteiger partial charge on any atom is -0.455 e. The molecule has 1 N–H and O–H groups in total. The fourth-order valence-electron chi connectivity index (χ4n) is 4.54. The maximum absolute atomic E-state index is 13.4. The first kappa shape index (κ1) is 24.1. The molecule has 3 aromatic rings. The van der Waals surface area contributed by atoms with E-state index < -0.39 is 11.7 Å². The molecular formula is C25H28F3N7O. The van der Waals surface area contributed by atoms with Crippen LogP contribution in [0.15, 0.2) is 45.9 Å². The van der Waals surface area contributed by atoms with Crippen molar-refractivity contribution in [3.63, 3.8) is 0 Å². The minimum absolute atomic E-state index is 0.0209. The molecule has 2 aliphatic heterocycles. The van der Waals surface area contributed by atoms with Crippen molar-refractivity contribution >= 4 is 24.1 Å². The van der Waals surface area contributed by atoms with E-state index in [1.807, 2.05) is 0 Å². The third kappa shape index (κ3) is 5.60. The molecule has 5 rings (SSSR count). The van der Waals surface area contributed by atoms with E-state index in [2.05, 4.69) is 30.3 Å². The van der Waals surface area contributed by atoms with Crippen molar-refractivity contribution in [1.29, 1.82) is 0 Å². The van der Waals surface area contributed by atoms with Gasteiger partial charge < -0.3 is 14.2 Å². The monoisotopic (exact) mass is 499 g/mol. The van der Waals surface area contributed by atoms with Gasteiger partial charge in [-0.3, -0.25) is 0 Å². The number of halogens is 3. The third-order valence-corrected chi connectivity index (χ3v) is 6.37. The van der Waals surface area contributed by atoms with Crippen LogP contribution in [0.3, 0.4) is 0 Å². The van der Waals surface area contributed by atoms with Crippen LogP contribution in [0, 0.1) is 0 Å². The molecule has 0 aliphatic carbocycles. The van der Waals surface area contributed by atoms with Crippen molar-refractivity contribution in [2.75, 3.05) is 41.4 Å². The van der Waals surface area contributed by atoms with Crippen LogP contribution in [0.25, 0.3) is 11.3 Å². The summed E-state index contributed by atoms with van der Waals surface area (Å²) in [6.45, 7) is 3.61. The Morgan fingerprint density at radius 2 is 1.42 bits per heavy atom. The average molecular weight is 500 g/mol. The van der Waals surface area contributed by atoms with Crippen molar-refractivity contribution in [3.05, 3.63) is 47.7 Å². The molecule has 0 bridgehead atoms. The number of hydrogen-bond acceptors (Lipinski definition) is 8. The number of hydrazone groups is 1. The zero-order valence-corrected chi connectivity index (χ0v) is 19.8. The summed E-state index contributed by atoms with van der Waals surface area (Å²) in [6, 6.07) is 8.39. The highest BCUT2D eigenvalue weighted by atomic mass is 19.4. The first-order chi connectivity index (χ1) is 17.5.